The minimum absolute atomic E-state index is 0. The summed E-state index contributed by atoms with van der Waals surface area (Å²) >= 11 is 0. The van der Waals surface area contributed by atoms with Gasteiger partial charge in [0.05, 0.1) is 5.69 Å². The monoisotopic (exact) mass is 306 g/mol. The van der Waals surface area contributed by atoms with E-state index in [9.17, 15) is 9.18 Å². The van der Waals surface area contributed by atoms with Crippen LogP contribution in [0.1, 0.15) is 24.1 Å². The lowest BCUT2D eigenvalue weighted by atomic mass is 10.1. The molecule has 0 aliphatic carbocycles. The van der Waals surface area contributed by atoms with Crippen molar-refractivity contribution in [3.05, 3.63) is 59.4 Å². The molecule has 2 N–H and O–H groups in total. The van der Waals surface area contributed by atoms with Crippen LogP contribution >= 0.6 is 12.4 Å². The van der Waals surface area contributed by atoms with Gasteiger partial charge in [-0.25, -0.2) is 4.39 Å². The Morgan fingerprint density at radius 1 is 1.19 bits per heavy atom. The third-order valence-electron chi connectivity index (χ3n) is 3.65. The smallest absolute Gasteiger partial charge is 0.253 e. The van der Waals surface area contributed by atoms with Gasteiger partial charge >= 0.3 is 0 Å². The van der Waals surface area contributed by atoms with Crippen LogP contribution in [0.25, 0.3) is 0 Å². The second kappa shape index (κ2) is 5.84. The molecule has 2 aromatic rings. The van der Waals surface area contributed by atoms with Gasteiger partial charge in [-0.2, -0.15) is 0 Å². The fraction of sp³-hybridized carbons (Fsp3) is 0.188. The molecular weight excluding hydrogens is 291 g/mol. The Kier molecular flexibility index (Phi) is 4.30. The minimum Gasteiger partial charge on any atom is -0.316 e. The van der Waals surface area contributed by atoms with Gasteiger partial charge in [0.1, 0.15) is 11.9 Å². The molecule has 1 aliphatic heterocycles. The van der Waals surface area contributed by atoms with Crippen LogP contribution in [0, 0.1) is 5.82 Å². The molecule has 1 unspecified atom stereocenters. The first-order valence-corrected chi connectivity index (χ1v) is 6.59. The number of fused-ring (bicyclic) bond motifs is 1. The molecule has 0 bridgehead atoms. The van der Waals surface area contributed by atoms with Crippen LogP contribution in [0.4, 0.5) is 15.8 Å². The first-order valence-electron chi connectivity index (χ1n) is 6.59. The molecule has 1 aliphatic rings. The standard InChI is InChI=1S/C16H15FN2O.ClH/c1-2-10-3-8-13-14(9-10)19(16(20)15(13)18)12-6-4-11(17)5-7-12;/h3-9,15H,2,18H2,1H3;1H. The Labute approximate surface area is 129 Å². The van der Waals surface area contributed by atoms with Crippen molar-refractivity contribution < 1.29 is 9.18 Å². The van der Waals surface area contributed by atoms with E-state index in [2.05, 4.69) is 6.92 Å². The van der Waals surface area contributed by atoms with Crippen molar-refractivity contribution in [2.24, 2.45) is 5.73 Å². The summed E-state index contributed by atoms with van der Waals surface area (Å²) in [6.07, 6.45) is 0.883. The normalized spacial score (nSPS) is 16.6. The molecule has 2 aromatic carbocycles. The number of halogens is 2. The molecule has 0 fully saturated rings. The molecule has 5 heteroatoms. The van der Waals surface area contributed by atoms with Gasteiger partial charge in [-0.1, -0.05) is 19.1 Å². The first-order chi connectivity index (χ1) is 9.61. The zero-order valence-electron chi connectivity index (χ0n) is 11.5. The summed E-state index contributed by atoms with van der Waals surface area (Å²) in [6.45, 7) is 2.06. The lowest BCUT2D eigenvalue weighted by molar-refractivity contribution is -0.118. The van der Waals surface area contributed by atoms with Gasteiger partial charge in [0, 0.05) is 11.3 Å². The van der Waals surface area contributed by atoms with Crippen molar-refractivity contribution in [2.75, 3.05) is 4.90 Å². The van der Waals surface area contributed by atoms with Crippen molar-refractivity contribution in [1.82, 2.24) is 0 Å². The molecule has 0 saturated heterocycles. The topological polar surface area (TPSA) is 46.3 Å². The maximum atomic E-state index is 13.0. The van der Waals surface area contributed by atoms with E-state index >= 15 is 0 Å². The number of benzene rings is 2. The third-order valence-corrected chi connectivity index (χ3v) is 3.65. The highest BCUT2D eigenvalue weighted by Gasteiger charge is 2.35. The summed E-state index contributed by atoms with van der Waals surface area (Å²) in [4.78, 5) is 13.9. The predicted octanol–water partition coefficient (Wildman–Crippen LogP) is 3.49. The van der Waals surface area contributed by atoms with Gasteiger partial charge in [0.25, 0.3) is 5.91 Å². The Morgan fingerprint density at radius 3 is 2.48 bits per heavy atom. The summed E-state index contributed by atoms with van der Waals surface area (Å²) in [5.41, 5.74) is 9.36. The van der Waals surface area contributed by atoms with Gasteiger partial charge in [0.2, 0.25) is 0 Å². The van der Waals surface area contributed by atoms with E-state index in [1.807, 2.05) is 18.2 Å². The zero-order valence-corrected chi connectivity index (χ0v) is 12.4. The van der Waals surface area contributed by atoms with Crippen molar-refractivity contribution in [3.63, 3.8) is 0 Å². The highest BCUT2D eigenvalue weighted by atomic mass is 35.5. The number of hydrogen-bond donors (Lipinski definition) is 1. The molecular formula is C16H16ClFN2O. The van der Waals surface area contributed by atoms with Crippen LogP contribution in [0.15, 0.2) is 42.5 Å². The number of hydrogen-bond acceptors (Lipinski definition) is 2. The van der Waals surface area contributed by atoms with E-state index in [0.29, 0.717) is 5.69 Å². The van der Waals surface area contributed by atoms with E-state index < -0.39 is 6.04 Å². The van der Waals surface area contributed by atoms with E-state index in [-0.39, 0.29) is 24.1 Å². The van der Waals surface area contributed by atoms with Crippen molar-refractivity contribution >= 4 is 29.7 Å². The minimum atomic E-state index is -0.652. The van der Waals surface area contributed by atoms with Crippen molar-refractivity contribution in [2.45, 2.75) is 19.4 Å². The van der Waals surface area contributed by atoms with Crippen LogP contribution in [0.3, 0.4) is 0 Å². The van der Waals surface area contributed by atoms with E-state index in [0.717, 1.165) is 23.2 Å². The van der Waals surface area contributed by atoms with Crippen molar-refractivity contribution in [3.8, 4) is 0 Å². The summed E-state index contributed by atoms with van der Waals surface area (Å²) in [6, 6.07) is 11.1. The summed E-state index contributed by atoms with van der Waals surface area (Å²) in [5.74, 6) is -0.507. The molecule has 1 heterocycles. The number of aryl methyl sites for hydroxylation is 1. The molecule has 1 atom stereocenters. The number of amides is 1. The summed E-state index contributed by atoms with van der Waals surface area (Å²) < 4.78 is 13.0. The Balaban J connectivity index is 0.00000161. The lowest BCUT2D eigenvalue weighted by Crippen LogP contribution is -2.27. The number of carbonyl (C=O) groups excluding carboxylic acids is 1. The van der Waals surface area contributed by atoms with Gasteiger partial charge in [-0.05, 0) is 42.3 Å². The number of rotatable bonds is 2. The molecule has 110 valence electrons. The SMILES string of the molecule is CCc1ccc2c(c1)N(c1ccc(F)cc1)C(=O)C2N.Cl. The van der Waals surface area contributed by atoms with Crippen LogP contribution < -0.4 is 10.6 Å². The molecule has 0 radical (unpaired) electrons. The van der Waals surface area contributed by atoms with Gasteiger partial charge in [-0.3, -0.25) is 9.69 Å². The number of carbonyl (C=O) groups is 1. The average molecular weight is 307 g/mol. The molecule has 0 saturated carbocycles. The maximum absolute atomic E-state index is 13.0. The summed E-state index contributed by atoms with van der Waals surface area (Å²) in [7, 11) is 0. The summed E-state index contributed by atoms with van der Waals surface area (Å²) in [5, 5.41) is 0. The van der Waals surface area contributed by atoms with Gasteiger partial charge < -0.3 is 5.73 Å². The quantitative estimate of drug-likeness (QED) is 0.923. The van der Waals surface area contributed by atoms with E-state index in [4.69, 9.17) is 5.73 Å². The van der Waals surface area contributed by atoms with Gasteiger partial charge in [0.15, 0.2) is 0 Å². The van der Waals surface area contributed by atoms with Crippen LogP contribution in [0.2, 0.25) is 0 Å². The molecule has 21 heavy (non-hydrogen) atoms. The third kappa shape index (κ3) is 2.52. The molecule has 3 rings (SSSR count). The molecule has 0 spiro atoms. The fourth-order valence-electron chi connectivity index (χ4n) is 2.51. The van der Waals surface area contributed by atoms with Crippen LogP contribution in [-0.2, 0) is 11.2 Å². The molecule has 0 aromatic heterocycles. The second-order valence-corrected chi connectivity index (χ2v) is 4.87. The van der Waals surface area contributed by atoms with Gasteiger partial charge in [-0.15, -0.1) is 12.4 Å². The molecule has 1 amide bonds. The molecule has 3 nitrogen and oxygen atoms in total. The predicted molar refractivity (Wildman–Crippen MR) is 83.5 cm³/mol. The number of nitrogens with two attached hydrogens (primary N) is 1. The lowest BCUT2D eigenvalue weighted by Gasteiger charge is -2.18. The Bertz CT molecular complexity index is 672. The Morgan fingerprint density at radius 2 is 1.86 bits per heavy atom. The first kappa shape index (κ1) is 15.5. The van der Waals surface area contributed by atoms with E-state index in [1.165, 1.54) is 12.1 Å². The highest BCUT2D eigenvalue weighted by Crippen LogP contribution is 2.40. The number of nitrogens with zero attached hydrogens (tertiary/aromatic N) is 1. The fourth-order valence-corrected chi connectivity index (χ4v) is 2.51. The zero-order chi connectivity index (χ0) is 14.3. The Hall–Kier alpha value is -1.91. The van der Waals surface area contributed by atoms with Crippen LogP contribution in [0.5, 0.6) is 0 Å². The largest absolute Gasteiger partial charge is 0.316 e. The maximum Gasteiger partial charge on any atom is 0.253 e. The number of anilines is 2. The second-order valence-electron chi connectivity index (χ2n) is 4.87. The van der Waals surface area contributed by atoms with Crippen LogP contribution in [-0.4, -0.2) is 5.91 Å². The van der Waals surface area contributed by atoms with Crippen molar-refractivity contribution in [1.29, 1.82) is 0 Å². The van der Waals surface area contributed by atoms with E-state index in [1.54, 1.807) is 17.0 Å². The average Bonchev–Trinajstić information content (AvgIpc) is 2.72. The highest BCUT2D eigenvalue weighted by molar-refractivity contribution is 6.09.